The molecule has 0 bridgehead atoms. The van der Waals surface area contributed by atoms with Gasteiger partial charge in [-0.25, -0.2) is 4.98 Å². The molecule has 2 aromatic heterocycles. The van der Waals surface area contributed by atoms with E-state index in [2.05, 4.69) is 31.2 Å². The van der Waals surface area contributed by atoms with Gasteiger partial charge in [0.1, 0.15) is 18.2 Å². The molecule has 1 unspecified atom stereocenters. The van der Waals surface area contributed by atoms with Crippen molar-refractivity contribution in [2.75, 3.05) is 18.5 Å². The summed E-state index contributed by atoms with van der Waals surface area (Å²) < 4.78 is 19.2. The first kappa shape index (κ1) is 17.6. The highest BCUT2D eigenvalue weighted by Gasteiger charge is 2.51. The van der Waals surface area contributed by atoms with Crippen LogP contribution in [-0.2, 0) is 25.1 Å². The average Bonchev–Trinajstić information content (AvgIpc) is 3.25. The number of hydrogen-bond donors (Lipinski definition) is 3. The molecule has 0 aliphatic carbocycles. The number of nitrogens with zero attached hydrogens (tertiary/aromatic N) is 4. The Kier molecular flexibility index (Phi) is 3.92. The van der Waals surface area contributed by atoms with Gasteiger partial charge >= 0.3 is 8.60 Å². The highest BCUT2D eigenvalue weighted by Crippen LogP contribution is 2.47. The Hall–Kier alpha value is -1.47. The van der Waals surface area contributed by atoms with Crippen LogP contribution in [-0.4, -0.2) is 59.9 Å². The standard InChI is InChI=1S/C13H13BrN5O7P/c14-11-16-7-8(17-12-15-6(21)2-18(12)9(7)22)19(11)10-5(20)1-13(26-10)3-24-27(23)25-4-13/h5,10,20,23H,1-4H2,(H,15,17,21)/t5?,10-,13?,27?/m1/s1. The maximum Gasteiger partial charge on any atom is 0.330 e. The molecule has 1 amide bonds. The van der Waals surface area contributed by atoms with Gasteiger partial charge in [-0.15, -0.1) is 0 Å². The molecule has 14 heteroatoms. The number of aliphatic hydroxyl groups excluding tert-OH is 1. The largest absolute Gasteiger partial charge is 0.388 e. The summed E-state index contributed by atoms with van der Waals surface area (Å²) in [4.78, 5) is 42.1. The molecule has 0 radical (unpaired) electrons. The summed E-state index contributed by atoms with van der Waals surface area (Å²) in [6, 6.07) is 0. The first-order chi connectivity index (χ1) is 12.9. The third kappa shape index (κ3) is 2.65. The molecule has 1 spiro atoms. The molecule has 2 atom stereocenters. The van der Waals surface area contributed by atoms with Crippen molar-refractivity contribution in [1.82, 2.24) is 19.1 Å². The van der Waals surface area contributed by atoms with Crippen LogP contribution in [0.4, 0.5) is 5.95 Å². The van der Waals surface area contributed by atoms with Gasteiger partial charge in [0.15, 0.2) is 22.1 Å². The van der Waals surface area contributed by atoms with Crippen LogP contribution in [0.2, 0.25) is 0 Å². The Balaban J connectivity index is 1.58. The Morgan fingerprint density at radius 3 is 2.78 bits per heavy atom. The lowest BCUT2D eigenvalue weighted by Gasteiger charge is -2.33. The van der Waals surface area contributed by atoms with E-state index in [1.54, 1.807) is 0 Å². The number of fused-ring (bicyclic) bond motifs is 2. The van der Waals surface area contributed by atoms with Crippen LogP contribution in [0.15, 0.2) is 9.53 Å². The maximum absolute atomic E-state index is 12.6. The SMILES string of the molecule is O=C1Cn2c(nc3c(nc(Br)n3[C@@H]3OC4(COP(O)OC4)CC3O)c2=O)N1. The number of nitrogens with one attached hydrogen (secondary N) is 1. The molecule has 0 aromatic carbocycles. The normalized spacial score (nSPS) is 33.0. The van der Waals surface area contributed by atoms with Gasteiger partial charge in [0.25, 0.3) is 5.56 Å². The predicted octanol–water partition coefficient (Wildman–Crippen LogP) is -0.408. The minimum absolute atomic E-state index is 0.0499. The van der Waals surface area contributed by atoms with Crippen molar-refractivity contribution in [2.45, 2.75) is 30.9 Å². The molecule has 0 saturated carbocycles. The summed E-state index contributed by atoms with van der Waals surface area (Å²) in [5, 5.41) is 13.1. The van der Waals surface area contributed by atoms with E-state index in [-0.39, 0.29) is 53.9 Å². The third-order valence-corrected chi connectivity index (χ3v) is 5.98. The Morgan fingerprint density at radius 1 is 1.30 bits per heavy atom. The summed E-state index contributed by atoms with van der Waals surface area (Å²) >= 11 is 3.29. The Morgan fingerprint density at radius 2 is 2.04 bits per heavy atom. The average molecular weight is 462 g/mol. The van der Waals surface area contributed by atoms with Crippen LogP contribution < -0.4 is 10.9 Å². The molecular formula is C13H13BrN5O7P. The first-order valence-electron chi connectivity index (χ1n) is 7.96. The number of rotatable bonds is 1. The van der Waals surface area contributed by atoms with Crippen LogP contribution in [0.5, 0.6) is 0 Å². The topological polar surface area (TPSA) is 150 Å². The summed E-state index contributed by atoms with van der Waals surface area (Å²) in [6.07, 6.45) is -1.67. The number of imidazole rings is 1. The molecular weight excluding hydrogens is 449 g/mol. The Labute approximate surface area is 160 Å². The first-order valence-corrected chi connectivity index (χ1v) is 9.88. The van der Waals surface area contributed by atoms with E-state index in [4.69, 9.17) is 13.8 Å². The summed E-state index contributed by atoms with van der Waals surface area (Å²) in [7, 11) is -1.94. The molecule has 3 N–H and O–H groups in total. The van der Waals surface area contributed by atoms with Crippen LogP contribution in [0.3, 0.4) is 0 Å². The number of amides is 1. The Bertz CT molecular complexity index is 1020. The van der Waals surface area contributed by atoms with E-state index in [0.29, 0.717) is 0 Å². The van der Waals surface area contributed by atoms with E-state index in [9.17, 15) is 19.6 Å². The molecule has 2 aromatic rings. The molecule has 5 heterocycles. The van der Waals surface area contributed by atoms with Gasteiger partial charge in [-0.05, 0) is 15.9 Å². The van der Waals surface area contributed by atoms with E-state index in [1.807, 2.05) is 0 Å². The van der Waals surface area contributed by atoms with Gasteiger partial charge in [0.05, 0.1) is 13.2 Å². The minimum atomic E-state index is -1.94. The second-order valence-electron chi connectivity index (χ2n) is 6.55. The number of hydrogen-bond acceptors (Lipinski definition) is 9. The number of carbonyl (C=O) groups excluding carboxylic acids is 1. The second kappa shape index (κ2) is 6.01. The minimum Gasteiger partial charge on any atom is -0.388 e. The third-order valence-electron chi connectivity index (χ3n) is 4.72. The van der Waals surface area contributed by atoms with Crippen LogP contribution >= 0.6 is 24.5 Å². The van der Waals surface area contributed by atoms with Crippen molar-refractivity contribution in [1.29, 1.82) is 0 Å². The van der Waals surface area contributed by atoms with Gasteiger partial charge in [0, 0.05) is 6.42 Å². The molecule has 3 aliphatic heterocycles. The van der Waals surface area contributed by atoms with E-state index in [1.165, 1.54) is 9.13 Å². The van der Waals surface area contributed by atoms with Crippen molar-refractivity contribution in [2.24, 2.45) is 0 Å². The highest BCUT2D eigenvalue weighted by atomic mass is 79.9. The fourth-order valence-electron chi connectivity index (χ4n) is 3.51. The fraction of sp³-hybridized carbons (Fsp3) is 0.538. The lowest BCUT2D eigenvalue weighted by molar-refractivity contribution is -0.137. The molecule has 2 saturated heterocycles. The number of anilines is 1. The molecule has 3 aliphatic rings. The lowest BCUT2D eigenvalue weighted by Crippen LogP contribution is -2.41. The molecule has 27 heavy (non-hydrogen) atoms. The van der Waals surface area contributed by atoms with E-state index in [0.717, 1.165) is 0 Å². The fourth-order valence-corrected chi connectivity index (χ4v) is 4.82. The smallest absolute Gasteiger partial charge is 0.330 e. The van der Waals surface area contributed by atoms with Crippen LogP contribution in [0, 0.1) is 0 Å². The lowest BCUT2D eigenvalue weighted by atomic mass is 10.0. The number of halogens is 1. The van der Waals surface area contributed by atoms with Crippen LogP contribution in [0.1, 0.15) is 12.6 Å². The number of aliphatic hydroxyl groups is 1. The zero-order chi connectivity index (χ0) is 18.9. The highest BCUT2D eigenvalue weighted by molar-refractivity contribution is 9.10. The quantitative estimate of drug-likeness (QED) is 0.380. The second-order valence-corrected chi connectivity index (χ2v) is 8.25. The van der Waals surface area contributed by atoms with Gasteiger partial charge in [0.2, 0.25) is 11.9 Å². The molecule has 144 valence electrons. The van der Waals surface area contributed by atoms with Crippen molar-refractivity contribution < 1.29 is 28.6 Å². The number of ether oxygens (including phenoxy) is 1. The van der Waals surface area contributed by atoms with Gasteiger partial charge < -0.3 is 23.8 Å². The van der Waals surface area contributed by atoms with Gasteiger partial charge in [-0.1, -0.05) is 0 Å². The molecule has 12 nitrogen and oxygen atoms in total. The monoisotopic (exact) mass is 461 g/mol. The number of aromatic nitrogens is 4. The summed E-state index contributed by atoms with van der Waals surface area (Å²) in [6.45, 7) is 0.00910. The van der Waals surface area contributed by atoms with Crippen LogP contribution in [0.25, 0.3) is 11.2 Å². The zero-order valence-corrected chi connectivity index (χ0v) is 16.0. The maximum atomic E-state index is 12.6. The van der Waals surface area contributed by atoms with Crippen molar-refractivity contribution in [3.05, 3.63) is 15.1 Å². The van der Waals surface area contributed by atoms with Gasteiger partial charge in [-0.2, -0.15) is 4.98 Å². The summed E-state index contributed by atoms with van der Waals surface area (Å²) in [5.74, 6) is -0.227. The molecule has 5 rings (SSSR count). The molecule has 2 fully saturated rings. The van der Waals surface area contributed by atoms with Gasteiger partial charge in [-0.3, -0.25) is 24.0 Å². The van der Waals surface area contributed by atoms with Crippen molar-refractivity contribution >= 4 is 47.6 Å². The zero-order valence-electron chi connectivity index (χ0n) is 13.5. The van der Waals surface area contributed by atoms with Crippen molar-refractivity contribution in [3.8, 4) is 0 Å². The van der Waals surface area contributed by atoms with E-state index < -0.39 is 32.1 Å². The van der Waals surface area contributed by atoms with Crippen molar-refractivity contribution in [3.63, 3.8) is 0 Å². The predicted molar refractivity (Wildman–Crippen MR) is 92.6 cm³/mol. The number of carbonyl (C=O) groups is 1. The van der Waals surface area contributed by atoms with E-state index >= 15 is 0 Å². The summed E-state index contributed by atoms with van der Waals surface area (Å²) in [5.41, 5.74) is -1.18.